The standard InChI is InChI=1S/C14H15F4N3/c1-2-11(19)13(9-3-5-10(15)6-4-9)21-8-7-12(20-21)14(16,17)18/h3-8,11,13H,2,19H2,1H3. The van der Waals surface area contributed by atoms with Crippen molar-refractivity contribution in [2.75, 3.05) is 0 Å². The van der Waals surface area contributed by atoms with Crippen LogP contribution in [0.1, 0.15) is 30.6 Å². The highest BCUT2D eigenvalue weighted by atomic mass is 19.4. The summed E-state index contributed by atoms with van der Waals surface area (Å²) >= 11 is 0. The number of benzene rings is 1. The maximum absolute atomic E-state index is 13.0. The van der Waals surface area contributed by atoms with E-state index in [-0.39, 0.29) is 0 Å². The number of hydrogen-bond donors (Lipinski definition) is 1. The summed E-state index contributed by atoms with van der Waals surface area (Å²) in [6.07, 6.45) is -2.72. The fraction of sp³-hybridized carbons (Fsp3) is 0.357. The molecule has 0 aliphatic heterocycles. The van der Waals surface area contributed by atoms with Crippen LogP contribution in [0.15, 0.2) is 36.5 Å². The number of alkyl halides is 3. The van der Waals surface area contributed by atoms with Gasteiger partial charge in [0.1, 0.15) is 5.82 Å². The van der Waals surface area contributed by atoms with Crippen molar-refractivity contribution in [3.63, 3.8) is 0 Å². The van der Waals surface area contributed by atoms with E-state index in [2.05, 4.69) is 5.10 Å². The van der Waals surface area contributed by atoms with Gasteiger partial charge in [0.25, 0.3) is 0 Å². The van der Waals surface area contributed by atoms with Crippen molar-refractivity contribution in [2.24, 2.45) is 5.73 Å². The Hall–Kier alpha value is -1.89. The van der Waals surface area contributed by atoms with Crippen molar-refractivity contribution in [3.8, 4) is 0 Å². The van der Waals surface area contributed by atoms with Gasteiger partial charge in [-0.2, -0.15) is 18.3 Å². The highest BCUT2D eigenvalue weighted by Gasteiger charge is 2.34. The molecule has 0 fully saturated rings. The monoisotopic (exact) mass is 301 g/mol. The Labute approximate surface area is 119 Å². The molecular weight excluding hydrogens is 286 g/mol. The SMILES string of the molecule is CCC(N)C(c1ccc(F)cc1)n1ccc(C(F)(F)F)n1. The van der Waals surface area contributed by atoms with Crippen LogP contribution < -0.4 is 5.73 Å². The Kier molecular flexibility index (Phi) is 4.32. The quantitative estimate of drug-likeness (QED) is 0.880. The van der Waals surface area contributed by atoms with Crippen molar-refractivity contribution < 1.29 is 17.6 Å². The van der Waals surface area contributed by atoms with Crippen LogP contribution >= 0.6 is 0 Å². The second-order valence-electron chi connectivity index (χ2n) is 4.75. The molecule has 0 aliphatic rings. The first-order valence-electron chi connectivity index (χ1n) is 6.46. The fourth-order valence-corrected chi connectivity index (χ4v) is 2.12. The molecular formula is C14H15F4N3. The molecule has 2 atom stereocenters. The molecule has 2 unspecified atom stereocenters. The van der Waals surface area contributed by atoms with Gasteiger partial charge in [0.2, 0.25) is 0 Å². The Bertz CT molecular complexity index is 589. The summed E-state index contributed by atoms with van der Waals surface area (Å²) < 4.78 is 52.1. The summed E-state index contributed by atoms with van der Waals surface area (Å²) in [5, 5.41) is 3.57. The number of aromatic nitrogens is 2. The van der Waals surface area contributed by atoms with E-state index in [1.54, 1.807) is 0 Å². The van der Waals surface area contributed by atoms with Crippen LogP contribution in [0.5, 0.6) is 0 Å². The van der Waals surface area contributed by atoms with Crippen molar-refractivity contribution in [3.05, 3.63) is 53.6 Å². The van der Waals surface area contributed by atoms with E-state index in [1.165, 1.54) is 35.1 Å². The van der Waals surface area contributed by atoms with Gasteiger partial charge in [0.15, 0.2) is 5.69 Å². The Morgan fingerprint density at radius 1 is 1.19 bits per heavy atom. The maximum atomic E-state index is 13.0. The predicted octanol–water partition coefficient (Wildman–Crippen LogP) is 3.37. The third kappa shape index (κ3) is 3.41. The summed E-state index contributed by atoms with van der Waals surface area (Å²) in [7, 11) is 0. The van der Waals surface area contributed by atoms with Crippen molar-refractivity contribution in [1.82, 2.24) is 9.78 Å². The minimum atomic E-state index is -4.51. The Morgan fingerprint density at radius 2 is 1.81 bits per heavy atom. The molecule has 1 heterocycles. The smallest absolute Gasteiger partial charge is 0.326 e. The third-order valence-corrected chi connectivity index (χ3v) is 3.27. The lowest BCUT2D eigenvalue weighted by Gasteiger charge is -2.24. The van der Waals surface area contributed by atoms with Gasteiger partial charge in [-0.25, -0.2) is 4.39 Å². The number of nitrogens with two attached hydrogens (primary N) is 1. The Balaban J connectivity index is 2.41. The third-order valence-electron chi connectivity index (χ3n) is 3.27. The zero-order valence-corrected chi connectivity index (χ0v) is 11.3. The zero-order chi connectivity index (χ0) is 15.6. The molecule has 0 radical (unpaired) electrons. The molecule has 0 amide bonds. The molecule has 0 spiro atoms. The minimum absolute atomic E-state index is 0.418. The van der Waals surface area contributed by atoms with Gasteiger partial charge in [-0.3, -0.25) is 4.68 Å². The molecule has 0 aliphatic carbocycles. The molecule has 7 heteroatoms. The van der Waals surface area contributed by atoms with E-state index in [1.807, 2.05) is 6.92 Å². The van der Waals surface area contributed by atoms with E-state index in [4.69, 9.17) is 5.73 Å². The molecule has 0 bridgehead atoms. The first-order chi connectivity index (χ1) is 9.82. The average molecular weight is 301 g/mol. The van der Waals surface area contributed by atoms with Crippen LogP contribution in [0.3, 0.4) is 0 Å². The summed E-state index contributed by atoms with van der Waals surface area (Å²) in [5.74, 6) is -0.418. The molecule has 3 nitrogen and oxygen atoms in total. The first kappa shape index (κ1) is 15.5. The molecule has 1 aromatic carbocycles. The van der Waals surface area contributed by atoms with Gasteiger partial charge in [0, 0.05) is 12.2 Å². The molecule has 1 aromatic heterocycles. The summed E-state index contributed by atoms with van der Waals surface area (Å²) in [4.78, 5) is 0. The van der Waals surface area contributed by atoms with Crippen LogP contribution in [-0.4, -0.2) is 15.8 Å². The lowest BCUT2D eigenvalue weighted by molar-refractivity contribution is -0.141. The summed E-state index contributed by atoms with van der Waals surface area (Å²) in [6.45, 7) is 1.83. The maximum Gasteiger partial charge on any atom is 0.435 e. The number of rotatable bonds is 4. The van der Waals surface area contributed by atoms with Crippen LogP contribution in [-0.2, 0) is 6.18 Å². The zero-order valence-electron chi connectivity index (χ0n) is 11.3. The molecule has 2 aromatic rings. The minimum Gasteiger partial charge on any atom is -0.326 e. The first-order valence-corrected chi connectivity index (χ1v) is 6.46. The van der Waals surface area contributed by atoms with Gasteiger partial charge in [-0.1, -0.05) is 19.1 Å². The van der Waals surface area contributed by atoms with Crippen molar-refractivity contribution in [2.45, 2.75) is 31.6 Å². The number of hydrogen-bond acceptors (Lipinski definition) is 2. The topological polar surface area (TPSA) is 43.8 Å². The average Bonchev–Trinajstić information content (AvgIpc) is 2.90. The van der Waals surface area contributed by atoms with E-state index >= 15 is 0 Å². The van der Waals surface area contributed by atoms with Gasteiger partial charge >= 0.3 is 6.18 Å². The highest BCUT2D eigenvalue weighted by molar-refractivity contribution is 5.23. The fourth-order valence-electron chi connectivity index (χ4n) is 2.12. The number of halogens is 4. The molecule has 0 saturated heterocycles. The van der Waals surface area contributed by atoms with Crippen LogP contribution in [0.4, 0.5) is 17.6 Å². The van der Waals surface area contributed by atoms with Crippen LogP contribution in [0, 0.1) is 5.82 Å². The summed E-state index contributed by atoms with van der Waals surface area (Å²) in [5.41, 5.74) is 5.64. The lowest BCUT2D eigenvalue weighted by Crippen LogP contribution is -2.33. The highest BCUT2D eigenvalue weighted by Crippen LogP contribution is 2.29. The Morgan fingerprint density at radius 3 is 2.29 bits per heavy atom. The molecule has 0 saturated carbocycles. The summed E-state index contributed by atoms with van der Waals surface area (Å²) in [6, 6.07) is 5.40. The second-order valence-corrected chi connectivity index (χ2v) is 4.75. The molecule has 2 rings (SSSR count). The van der Waals surface area contributed by atoms with Gasteiger partial charge in [0.05, 0.1) is 6.04 Å². The molecule has 114 valence electrons. The van der Waals surface area contributed by atoms with E-state index in [9.17, 15) is 17.6 Å². The van der Waals surface area contributed by atoms with Gasteiger partial charge in [-0.15, -0.1) is 0 Å². The molecule has 21 heavy (non-hydrogen) atoms. The number of nitrogens with zero attached hydrogens (tertiary/aromatic N) is 2. The largest absolute Gasteiger partial charge is 0.435 e. The van der Waals surface area contributed by atoms with E-state index in [0.29, 0.717) is 12.0 Å². The van der Waals surface area contributed by atoms with Gasteiger partial charge < -0.3 is 5.73 Å². The van der Waals surface area contributed by atoms with Gasteiger partial charge in [-0.05, 0) is 30.2 Å². The van der Waals surface area contributed by atoms with E-state index in [0.717, 1.165) is 6.07 Å². The normalized spacial score (nSPS) is 15.0. The second kappa shape index (κ2) is 5.85. The van der Waals surface area contributed by atoms with Crippen LogP contribution in [0.25, 0.3) is 0 Å². The lowest BCUT2D eigenvalue weighted by atomic mass is 9.98. The molecule has 2 N–H and O–H groups in total. The van der Waals surface area contributed by atoms with Crippen LogP contribution in [0.2, 0.25) is 0 Å². The van der Waals surface area contributed by atoms with Crippen molar-refractivity contribution in [1.29, 1.82) is 0 Å². The predicted molar refractivity (Wildman–Crippen MR) is 70.0 cm³/mol. The van der Waals surface area contributed by atoms with E-state index < -0.39 is 29.8 Å². The van der Waals surface area contributed by atoms with Crippen molar-refractivity contribution >= 4 is 0 Å².